The summed E-state index contributed by atoms with van der Waals surface area (Å²) in [6, 6.07) is 3.31. The van der Waals surface area contributed by atoms with Gasteiger partial charge in [-0.1, -0.05) is 29.3 Å². The van der Waals surface area contributed by atoms with Crippen LogP contribution in [0.15, 0.2) is 23.2 Å². The normalized spacial score (nSPS) is 13.1. The highest BCUT2D eigenvalue weighted by atomic mass is 35.5. The molecule has 1 aromatic carbocycles. The lowest BCUT2D eigenvalue weighted by atomic mass is 10.3. The number of hydrogen-bond acceptors (Lipinski definition) is 1. The summed E-state index contributed by atoms with van der Waals surface area (Å²) >= 11 is 10.2. The van der Waals surface area contributed by atoms with E-state index in [1.54, 1.807) is 0 Å². The summed E-state index contributed by atoms with van der Waals surface area (Å²) < 4.78 is 48.7. The summed E-state index contributed by atoms with van der Waals surface area (Å²) in [6.45, 7) is 0. The Labute approximate surface area is 92.3 Å². The number of alkyl halides is 3. The molecule has 1 rings (SSSR count). The van der Waals surface area contributed by atoms with Crippen LogP contribution in [0.1, 0.15) is 0 Å². The maximum Gasteiger partial charge on any atom is 0.444 e. The lowest BCUT2D eigenvalue weighted by Crippen LogP contribution is -2.16. The largest absolute Gasteiger partial charge is 0.444 e. The molecule has 0 heterocycles. The van der Waals surface area contributed by atoms with Crippen LogP contribution in [-0.4, -0.2) is 11.3 Å². The molecule has 0 aliphatic rings. The number of nitrogens with zero attached hydrogens (tertiary/aromatic N) is 1. The molecule has 15 heavy (non-hydrogen) atoms. The first-order valence-corrected chi connectivity index (χ1v) is 4.33. The molecule has 0 aliphatic carbocycles. The minimum Gasteiger partial charge on any atom is -0.231 e. The van der Waals surface area contributed by atoms with Gasteiger partial charge in [0.25, 0.3) is 0 Å². The zero-order valence-electron chi connectivity index (χ0n) is 6.95. The molecule has 0 saturated heterocycles. The lowest BCUT2D eigenvalue weighted by molar-refractivity contribution is -0.0558. The van der Waals surface area contributed by atoms with E-state index in [4.69, 9.17) is 23.2 Å². The van der Waals surface area contributed by atoms with Gasteiger partial charge in [-0.3, -0.25) is 0 Å². The van der Waals surface area contributed by atoms with Crippen LogP contribution >= 0.6 is 23.2 Å². The molecule has 0 aliphatic heterocycles. The topological polar surface area (TPSA) is 12.4 Å². The smallest absolute Gasteiger partial charge is 0.231 e. The molecule has 0 amide bonds. The Kier molecular flexibility index (Phi) is 3.57. The van der Waals surface area contributed by atoms with Crippen LogP contribution in [0.3, 0.4) is 0 Å². The highest BCUT2D eigenvalue weighted by Crippen LogP contribution is 2.30. The Morgan fingerprint density at radius 2 is 1.87 bits per heavy atom. The number of benzene rings is 1. The zero-order chi connectivity index (χ0) is 11.6. The van der Waals surface area contributed by atoms with E-state index in [2.05, 4.69) is 4.99 Å². The third kappa shape index (κ3) is 3.07. The molecule has 0 atom stereocenters. The highest BCUT2D eigenvalue weighted by molar-refractivity contribution is 6.67. The van der Waals surface area contributed by atoms with Crippen molar-refractivity contribution in [2.75, 3.05) is 0 Å². The summed E-state index contributed by atoms with van der Waals surface area (Å²) in [5.74, 6) is -0.857. The van der Waals surface area contributed by atoms with Crippen LogP contribution in [0.4, 0.5) is 23.2 Å². The standard InChI is InChI=1S/C8H3Cl2F4N/c9-6-4(11)2-1-3-5(6)15-7(10)8(12,13)14/h1-3H. The molecule has 0 radical (unpaired) electrons. The molecule has 7 heteroatoms. The number of rotatable bonds is 1. The first-order valence-electron chi connectivity index (χ1n) is 3.58. The second-order valence-electron chi connectivity index (χ2n) is 2.47. The molecular formula is C8H3Cl2F4N. The molecule has 0 saturated carbocycles. The van der Waals surface area contributed by atoms with Crippen molar-refractivity contribution in [3.63, 3.8) is 0 Å². The van der Waals surface area contributed by atoms with Gasteiger partial charge in [0, 0.05) is 0 Å². The van der Waals surface area contributed by atoms with Crippen molar-refractivity contribution in [3.05, 3.63) is 29.0 Å². The molecule has 0 fully saturated rings. The number of halogens is 6. The number of hydrogen-bond donors (Lipinski definition) is 0. The van der Waals surface area contributed by atoms with E-state index in [-0.39, 0.29) is 5.69 Å². The summed E-state index contributed by atoms with van der Waals surface area (Å²) in [6.07, 6.45) is -4.77. The fourth-order valence-electron chi connectivity index (χ4n) is 0.748. The quantitative estimate of drug-likeness (QED) is 0.527. The van der Waals surface area contributed by atoms with E-state index < -0.39 is 22.2 Å². The molecule has 1 aromatic rings. The summed E-state index contributed by atoms with van der Waals surface area (Å²) in [7, 11) is 0. The maximum absolute atomic E-state index is 12.8. The van der Waals surface area contributed by atoms with Crippen LogP contribution in [0.2, 0.25) is 5.02 Å². The van der Waals surface area contributed by atoms with Crippen molar-refractivity contribution in [2.45, 2.75) is 6.18 Å². The average Bonchev–Trinajstić information content (AvgIpc) is 2.11. The van der Waals surface area contributed by atoms with Crippen LogP contribution in [0.5, 0.6) is 0 Å². The third-order valence-electron chi connectivity index (χ3n) is 1.38. The third-order valence-corrected chi connectivity index (χ3v) is 2.06. The van der Waals surface area contributed by atoms with Gasteiger partial charge in [0.05, 0.1) is 5.69 Å². The van der Waals surface area contributed by atoms with Crippen LogP contribution in [-0.2, 0) is 0 Å². The van der Waals surface area contributed by atoms with Crippen molar-refractivity contribution in [1.29, 1.82) is 0 Å². The van der Waals surface area contributed by atoms with Crippen molar-refractivity contribution in [1.82, 2.24) is 0 Å². The zero-order valence-corrected chi connectivity index (χ0v) is 8.46. The first-order chi connectivity index (χ1) is 6.82. The fraction of sp³-hybridized carbons (Fsp3) is 0.125. The predicted molar refractivity (Wildman–Crippen MR) is 50.4 cm³/mol. The van der Waals surface area contributed by atoms with Crippen LogP contribution in [0, 0.1) is 5.82 Å². The van der Waals surface area contributed by atoms with Crippen LogP contribution < -0.4 is 0 Å². The van der Waals surface area contributed by atoms with Crippen LogP contribution in [0.25, 0.3) is 0 Å². The van der Waals surface area contributed by atoms with E-state index in [1.165, 1.54) is 6.07 Å². The van der Waals surface area contributed by atoms with Crippen molar-refractivity contribution >= 4 is 34.1 Å². The summed E-state index contributed by atoms with van der Waals surface area (Å²) in [5.41, 5.74) is -0.362. The van der Waals surface area contributed by atoms with Gasteiger partial charge in [0.1, 0.15) is 10.8 Å². The van der Waals surface area contributed by atoms with Gasteiger partial charge in [0.2, 0.25) is 5.17 Å². The SMILES string of the molecule is Fc1cccc(N=C(Cl)C(F)(F)F)c1Cl. The molecule has 0 N–H and O–H groups in total. The lowest BCUT2D eigenvalue weighted by Gasteiger charge is -2.04. The average molecular weight is 260 g/mol. The monoisotopic (exact) mass is 259 g/mol. The molecule has 82 valence electrons. The Morgan fingerprint density at radius 3 is 2.40 bits per heavy atom. The minimum atomic E-state index is -4.77. The van der Waals surface area contributed by atoms with Gasteiger partial charge >= 0.3 is 6.18 Å². The summed E-state index contributed by atoms with van der Waals surface area (Å²) in [5, 5.41) is -2.10. The van der Waals surface area contributed by atoms with Crippen molar-refractivity contribution < 1.29 is 17.6 Å². The molecule has 1 nitrogen and oxygen atoms in total. The number of aliphatic imine (C=N–C) groups is 1. The Hall–Kier alpha value is -0.810. The molecule has 0 bridgehead atoms. The molecule has 0 unspecified atom stereocenters. The van der Waals surface area contributed by atoms with Gasteiger partial charge in [-0.15, -0.1) is 0 Å². The Balaban J connectivity index is 3.15. The molecular weight excluding hydrogens is 257 g/mol. The van der Waals surface area contributed by atoms with E-state index >= 15 is 0 Å². The van der Waals surface area contributed by atoms with E-state index in [0.717, 1.165) is 12.1 Å². The molecule has 0 spiro atoms. The minimum absolute atomic E-state index is 0.362. The van der Waals surface area contributed by atoms with Gasteiger partial charge in [-0.25, -0.2) is 9.38 Å². The second kappa shape index (κ2) is 4.37. The van der Waals surface area contributed by atoms with Gasteiger partial charge in [-0.2, -0.15) is 13.2 Å². The summed E-state index contributed by atoms with van der Waals surface area (Å²) in [4.78, 5) is 2.98. The van der Waals surface area contributed by atoms with Gasteiger partial charge in [-0.05, 0) is 12.1 Å². The maximum atomic E-state index is 12.8. The van der Waals surface area contributed by atoms with Crippen molar-refractivity contribution in [2.24, 2.45) is 4.99 Å². The second-order valence-corrected chi connectivity index (χ2v) is 3.21. The predicted octanol–water partition coefficient (Wildman–Crippen LogP) is 4.31. The van der Waals surface area contributed by atoms with Gasteiger partial charge < -0.3 is 0 Å². The fourth-order valence-corrected chi connectivity index (χ4v) is 1.01. The van der Waals surface area contributed by atoms with E-state index in [9.17, 15) is 17.6 Å². The van der Waals surface area contributed by atoms with Gasteiger partial charge in [0.15, 0.2) is 0 Å². The highest BCUT2D eigenvalue weighted by Gasteiger charge is 2.34. The molecule has 0 aromatic heterocycles. The first kappa shape index (κ1) is 12.3. The van der Waals surface area contributed by atoms with E-state index in [1.807, 2.05) is 0 Å². The van der Waals surface area contributed by atoms with E-state index in [0.29, 0.717) is 0 Å². The van der Waals surface area contributed by atoms with Crippen molar-refractivity contribution in [3.8, 4) is 0 Å². The Morgan fingerprint density at radius 1 is 1.27 bits per heavy atom. The Bertz CT molecular complexity index is 400.